The minimum absolute atomic E-state index is 0.473. The molecule has 28 heavy (non-hydrogen) atoms. The van der Waals surface area contributed by atoms with Crippen molar-refractivity contribution in [2.45, 2.75) is 88.8 Å². The van der Waals surface area contributed by atoms with Crippen molar-refractivity contribution in [2.75, 3.05) is 13.2 Å². The van der Waals surface area contributed by atoms with E-state index < -0.39 is 24.6 Å². The first-order chi connectivity index (χ1) is 13.6. The molecule has 0 heterocycles. The quantitative estimate of drug-likeness (QED) is 0.454. The lowest BCUT2D eigenvalue weighted by Crippen LogP contribution is -2.47. The van der Waals surface area contributed by atoms with E-state index in [1.54, 1.807) is 0 Å². The number of ether oxygens (including phenoxy) is 2. The highest BCUT2D eigenvalue weighted by atomic mass is 19.2. The summed E-state index contributed by atoms with van der Waals surface area (Å²) in [6, 6.07) is 0. The zero-order valence-electron chi connectivity index (χ0n) is 17.2. The monoisotopic (exact) mass is 396 g/mol. The van der Waals surface area contributed by atoms with E-state index in [-0.39, 0.29) is 0 Å². The maximum Gasteiger partial charge on any atom is 0.160 e. The minimum atomic E-state index is -1.57. The lowest BCUT2D eigenvalue weighted by atomic mass is 9.82. The van der Waals surface area contributed by atoms with Crippen LogP contribution in [-0.2, 0) is 9.47 Å². The zero-order valence-corrected chi connectivity index (χ0v) is 17.2. The van der Waals surface area contributed by atoms with Crippen LogP contribution in [0.4, 0.5) is 8.78 Å². The summed E-state index contributed by atoms with van der Waals surface area (Å²) in [5.74, 6) is 2.17. The Kier molecular flexibility index (Phi) is 8.52. The molecule has 0 aromatic heterocycles. The molecule has 3 saturated carbocycles. The van der Waals surface area contributed by atoms with Crippen LogP contribution in [0, 0.1) is 23.7 Å². The van der Waals surface area contributed by atoms with Gasteiger partial charge in [-0.2, -0.15) is 0 Å². The smallest absolute Gasteiger partial charge is 0.160 e. The number of alkyl halides is 2. The average molecular weight is 397 g/mol. The number of allylic oxidation sites excluding steroid dienone is 2. The van der Waals surface area contributed by atoms with Crippen LogP contribution >= 0.6 is 0 Å². The Bertz CT molecular complexity index is 437. The van der Waals surface area contributed by atoms with Gasteiger partial charge < -0.3 is 9.47 Å². The van der Waals surface area contributed by atoms with Gasteiger partial charge in [0.1, 0.15) is 0 Å². The van der Waals surface area contributed by atoms with E-state index in [4.69, 9.17) is 9.47 Å². The molecule has 3 rings (SSSR count). The SMILES string of the molecule is C=CC1CCC(COC2CCC(OCC3CCC(C=C)CC3)C(F)C2F)CC1. The molecule has 4 unspecified atom stereocenters. The highest BCUT2D eigenvalue weighted by molar-refractivity contribution is 4.91. The third-order valence-corrected chi connectivity index (χ3v) is 7.29. The number of hydrogen-bond acceptors (Lipinski definition) is 2. The molecule has 3 fully saturated rings. The topological polar surface area (TPSA) is 18.5 Å². The molecule has 4 atom stereocenters. The van der Waals surface area contributed by atoms with Crippen molar-refractivity contribution in [2.24, 2.45) is 23.7 Å². The third-order valence-electron chi connectivity index (χ3n) is 7.29. The van der Waals surface area contributed by atoms with Crippen molar-refractivity contribution in [1.82, 2.24) is 0 Å². The molecule has 3 aliphatic rings. The van der Waals surface area contributed by atoms with E-state index in [0.29, 0.717) is 49.7 Å². The molecule has 0 radical (unpaired) electrons. The average Bonchev–Trinajstić information content (AvgIpc) is 2.75. The van der Waals surface area contributed by atoms with Crippen molar-refractivity contribution in [3.63, 3.8) is 0 Å². The van der Waals surface area contributed by atoms with Crippen LogP contribution in [0.2, 0.25) is 0 Å². The van der Waals surface area contributed by atoms with Gasteiger partial charge >= 0.3 is 0 Å². The van der Waals surface area contributed by atoms with E-state index in [1.165, 1.54) is 0 Å². The molecule has 0 saturated heterocycles. The molecular weight excluding hydrogens is 358 g/mol. The first kappa shape index (κ1) is 22.0. The van der Waals surface area contributed by atoms with Crippen molar-refractivity contribution in [3.8, 4) is 0 Å². The first-order valence-corrected chi connectivity index (χ1v) is 11.4. The first-order valence-electron chi connectivity index (χ1n) is 11.4. The van der Waals surface area contributed by atoms with Crippen LogP contribution in [0.3, 0.4) is 0 Å². The van der Waals surface area contributed by atoms with Gasteiger partial charge in [0, 0.05) is 13.2 Å². The Morgan fingerprint density at radius 2 is 0.964 bits per heavy atom. The lowest BCUT2D eigenvalue weighted by Gasteiger charge is -2.37. The predicted molar refractivity (Wildman–Crippen MR) is 110 cm³/mol. The van der Waals surface area contributed by atoms with Gasteiger partial charge in [-0.05, 0) is 87.9 Å². The summed E-state index contributed by atoms with van der Waals surface area (Å²) in [6.07, 6.45) is 9.74. The van der Waals surface area contributed by atoms with Crippen molar-refractivity contribution in [3.05, 3.63) is 25.3 Å². The normalized spacial score (nSPS) is 42.1. The van der Waals surface area contributed by atoms with Crippen LogP contribution in [0.25, 0.3) is 0 Å². The van der Waals surface area contributed by atoms with Crippen LogP contribution in [-0.4, -0.2) is 37.8 Å². The second-order valence-electron chi connectivity index (χ2n) is 9.24. The molecule has 4 heteroatoms. The summed E-state index contributed by atoms with van der Waals surface area (Å²) >= 11 is 0. The predicted octanol–water partition coefficient (Wildman–Crippen LogP) is 6.21. The summed E-state index contributed by atoms with van der Waals surface area (Å²) in [6.45, 7) is 8.85. The molecule has 160 valence electrons. The Hall–Kier alpha value is -0.740. The maximum absolute atomic E-state index is 14.6. The number of rotatable bonds is 8. The second-order valence-corrected chi connectivity index (χ2v) is 9.24. The van der Waals surface area contributed by atoms with E-state index in [9.17, 15) is 8.78 Å². The van der Waals surface area contributed by atoms with E-state index >= 15 is 0 Å². The fraction of sp³-hybridized carbons (Fsp3) is 0.833. The molecule has 0 aromatic carbocycles. The Balaban J connectivity index is 1.35. The Labute approximate surface area is 169 Å². The molecule has 0 bridgehead atoms. The van der Waals surface area contributed by atoms with Crippen molar-refractivity contribution >= 4 is 0 Å². The van der Waals surface area contributed by atoms with Gasteiger partial charge in [-0.1, -0.05) is 12.2 Å². The summed E-state index contributed by atoms with van der Waals surface area (Å²) in [4.78, 5) is 0. The molecule has 0 amide bonds. The van der Waals surface area contributed by atoms with Gasteiger partial charge in [-0.3, -0.25) is 0 Å². The highest BCUT2D eigenvalue weighted by Crippen LogP contribution is 2.34. The Morgan fingerprint density at radius 1 is 0.607 bits per heavy atom. The number of hydrogen-bond donors (Lipinski definition) is 0. The van der Waals surface area contributed by atoms with Crippen molar-refractivity contribution < 1.29 is 18.3 Å². The van der Waals surface area contributed by atoms with E-state index in [2.05, 4.69) is 13.2 Å². The van der Waals surface area contributed by atoms with Gasteiger partial charge in [0.15, 0.2) is 12.3 Å². The molecule has 2 nitrogen and oxygen atoms in total. The van der Waals surface area contributed by atoms with Gasteiger partial charge in [-0.15, -0.1) is 13.2 Å². The fourth-order valence-electron chi connectivity index (χ4n) is 5.11. The molecular formula is C24H38F2O2. The lowest BCUT2D eigenvalue weighted by molar-refractivity contribution is -0.128. The minimum Gasteiger partial charge on any atom is -0.375 e. The summed E-state index contributed by atoms with van der Waals surface area (Å²) in [7, 11) is 0. The Morgan fingerprint density at radius 3 is 1.29 bits per heavy atom. The third kappa shape index (κ3) is 5.89. The molecule has 0 aromatic rings. The summed E-state index contributed by atoms with van der Waals surface area (Å²) in [5.41, 5.74) is 0. The van der Waals surface area contributed by atoms with Gasteiger partial charge in [0.2, 0.25) is 0 Å². The van der Waals surface area contributed by atoms with Gasteiger partial charge in [0.05, 0.1) is 12.2 Å². The molecule has 0 aliphatic heterocycles. The van der Waals surface area contributed by atoms with E-state index in [1.807, 2.05) is 12.2 Å². The number of halogens is 2. The highest BCUT2D eigenvalue weighted by Gasteiger charge is 2.42. The van der Waals surface area contributed by atoms with Crippen molar-refractivity contribution in [1.29, 1.82) is 0 Å². The van der Waals surface area contributed by atoms with Crippen LogP contribution in [0.15, 0.2) is 25.3 Å². The van der Waals surface area contributed by atoms with Gasteiger partial charge in [-0.25, -0.2) is 8.78 Å². The van der Waals surface area contributed by atoms with Crippen LogP contribution < -0.4 is 0 Å². The standard InChI is InChI=1S/C24H38F2O2/c1-3-17-5-9-19(10-6-17)15-27-21-13-14-22(24(26)23(21)25)28-16-20-11-7-18(4-2)8-12-20/h3-4,17-24H,1-2,5-16H2. The maximum atomic E-state index is 14.6. The zero-order chi connectivity index (χ0) is 19.9. The second kappa shape index (κ2) is 10.9. The summed E-state index contributed by atoms with van der Waals surface area (Å²) in [5, 5.41) is 0. The summed E-state index contributed by atoms with van der Waals surface area (Å²) < 4.78 is 40.9. The largest absolute Gasteiger partial charge is 0.375 e. The molecule has 0 spiro atoms. The molecule has 3 aliphatic carbocycles. The van der Waals surface area contributed by atoms with E-state index in [0.717, 1.165) is 51.4 Å². The fourth-order valence-corrected chi connectivity index (χ4v) is 5.11. The van der Waals surface area contributed by atoms with Crippen LogP contribution in [0.5, 0.6) is 0 Å². The van der Waals surface area contributed by atoms with Crippen LogP contribution in [0.1, 0.15) is 64.2 Å². The van der Waals surface area contributed by atoms with Gasteiger partial charge in [0.25, 0.3) is 0 Å². The molecule has 0 N–H and O–H groups in total.